The molecule has 2 aromatic rings. The van der Waals surface area contributed by atoms with E-state index >= 15 is 0 Å². The van der Waals surface area contributed by atoms with Crippen LogP contribution in [0.4, 0.5) is 0 Å². The molecule has 3 heteroatoms. The Morgan fingerprint density at radius 1 is 1.04 bits per heavy atom. The lowest BCUT2D eigenvalue weighted by Crippen LogP contribution is -2.39. The molecular weight excluding hydrogens is 322 g/mol. The Bertz CT molecular complexity index is 711. The van der Waals surface area contributed by atoms with Gasteiger partial charge >= 0.3 is 0 Å². The molecule has 26 heavy (non-hydrogen) atoms. The number of hydrogen-bond donors (Lipinski definition) is 1. The van der Waals surface area contributed by atoms with Crippen LogP contribution in [0.1, 0.15) is 63.8 Å². The van der Waals surface area contributed by atoms with E-state index in [2.05, 4.69) is 50.4 Å². The van der Waals surface area contributed by atoms with Gasteiger partial charge in [0, 0.05) is 0 Å². The Kier molecular flexibility index (Phi) is 6.47. The van der Waals surface area contributed by atoms with Crippen LogP contribution in [-0.2, 0) is 10.2 Å². The van der Waals surface area contributed by atoms with Crippen LogP contribution in [0.3, 0.4) is 0 Å². The molecule has 0 fully saturated rings. The molecule has 3 nitrogen and oxygen atoms in total. The highest BCUT2D eigenvalue weighted by molar-refractivity contribution is 5.81. The van der Waals surface area contributed by atoms with Gasteiger partial charge in [-0.2, -0.15) is 0 Å². The Morgan fingerprint density at radius 3 is 2.12 bits per heavy atom. The van der Waals surface area contributed by atoms with Gasteiger partial charge in [0.05, 0.1) is 6.04 Å². The second-order valence-corrected chi connectivity index (χ2v) is 7.93. The van der Waals surface area contributed by atoms with Gasteiger partial charge in [0.25, 0.3) is 5.91 Å². The number of carbonyl (C=O) groups is 1. The molecule has 1 N–H and O–H groups in total. The van der Waals surface area contributed by atoms with Crippen LogP contribution >= 0.6 is 0 Å². The van der Waals surface area contributed by atoms with Crippen molar-refractivity contribution in [1.82, 2.24) is 5.32 Å². The highest BCUT2D eigenvalue weighted by Gasteiger charge is 2.21. The van der Waals surface area contributed by atoms with E-state index in [9.17, 15) is 4.79 Å². The minimum atomic E-state index is -0.492. The molecule has 0 aliphatic rings. The van der Waals surface area contributed by atoms with Gasteiger partial charge in [-0.1, -0.05) is 69.7 Å². The second kappa shape index (κ2) is 8.39. The normalized spacial score (nSPS) is 13.8. The fraction of sp³-hybridized carbons (Fsp3) is 0.435. The maximum absolute atomic E-state index is 12.6. The molecule has 2 atom stereocenters. The van der Waals surface area contributed by atoms with Crippen molar-refractivity contribution in [2.75, 3.05) is 0 Å². The summed E-state index contributed by atoms with van der Waals surface area (Å²) in [7, 11) is 0. The number of hydrogen-bond acceptors (Lipinski definition) is 2. The van der Waals surface area contributed by atoms with E-state index in [-0.39, 0.29) is 17.4 Å². The van der Waals surface area contributed by atoms with E-state index in [4.69, 9.17) is 4.74 Å². The summed E-state index contributed by atoms with van der Waals surface area (Å²) < 4.78 is 5.87. The molecule has 0 aliphatic carbocycles. The summed E-state index contributed by atoms with van der Waals surface area (Å²) in [5.74, 6) is 0.639. The third-order valence-electron chi connectivity index (χ3n) is 4.60. The summed E-state index contributed by atoms with van der Waals surface area (Å²) in [6, 6.07) is 16.2. The van der Waals surface area contributed by atoms with Crippen LogP contribution < -0.4 is 10.1 Å². The van der Waals surface area contributed by atoms with Crippen molar-refractivity contribution in [3.05, 3.63) is 65.2 Å². The molecule has 2 aromatic carbocycles. The van der Waals surface area contributed by atoms with Gasteiger partial charge in [0.1, 0.15) is 5.75 Å². The maximum Gasteiger partial charge on any atom is 0.261 e. The van der Waals surface area contributed by atoms with Gasteiger partial charge in [-0.05, 0) is 48.9 Å². The van der Waals surface area contributed by atoms with Gasteiger partial charge in [-0.25, -0.2) is 0 Å². The zero-order valence-electron chi connectivity index (χ0n) is 16.8. The fourth-order valence-corrected chi connectivity index (χ4v) is 2.76. The molecule has 0 heterocycles. The Labute approximate surface area is 157 Å². The first kappa shape index (κ1) is 20.0. The largest absolute Gasteiger partial charge is 0.481 e. The van der Waals surface area contributed by atoms with E-state index in [1.54, 1.807) is 0 Å². The predicted molar refractivity (Wildman–Crippen MR) is 108 cm³/mol. The zero-order valence-corrected chi connectivity index (χ0v) is 16.8. The molecule has 140 valence electrons. The van der Waals surface area contributed by atoms with Crippen molar-refractivity contribution in [3.8, 4) is 5.75 Å². The number of amides is 1. The summed E-state index contributed by atoms with van der Waals surface area (Å²) in [5, 5.41) is 3.07. The SMILES string of the molecule is CC[C@@H](Oc1ccc(C)cc1)C(=O)N[C@@H](C)c1ccc(C(C)(C)C)cc1. The number of aryl methyl sites for hydroxylation is 1. The molecular formula is C23H31NO2. The first-order chi connectivity index (χ1) is 12.2. The van der Waals surface area contributed by atoms with E-state index in [0.717, 1.165) is 11.3 Å². The van der Waals surface area contributed by atoms with Crippen LogP contribution in [-0.4, -0.2) is 12.0 Å². The lowest BCUT2D eigenvalue weighted by molar-refractivity contribution is -0.128. The van der Waals surface area contributed by atoms with Crippen LogP contribution in [0.25, 0.3) is 0 Å². The quantitative estimate of drug-likeness (QED) is 0.762. The van der Waals surface area contributed by atoms with Gasteiger partial charge in [0.2, 0.25) is 0 Å². The van der Waals surface area contributed by atoms with Crippen molar-refractivity contribution in [2.45, 2.75) is 65.5 Å². The molecule has 2 rings (SSSR count). The standard InChI is InChI=1S/C23H31NO2/c1-7-21(26-20-14-8-16(2)9-15-20)22(25)24-17(3)18-10-12-19(13-11-18)23(4,5)6/h8-15,17,21H,7H2,1-6H3,(H,24,25)/t17-,21+/m0/s1. The molecule has 0 bridgehead atoms. The van der Waals surface area contributed by atoms with Gasteiger partial charge in [-0.15, -0.1) is 0 Å². The molecule has 0 saturated heterocycles. The van der Waals surface area contributed by atoms with Crippen molar-refractivity contribution in [3.63, 3.8) is 0 Å². The van der Waals surface area contributed by atoms with Crippen molar-refractivity contribution >= 4 is 5.91 Å². The first-order valence-corrected chi connectivity index (χ1v) is 9.35. The zero-order chi connectivity index (χ0) is 19.3. The van der Waals surface area contributed by atoms with E-state index < -0.39 is 6.10 Å². The summed E-state index contributed by atoms with van der Waals surface area (Å²) >= 11 is 0. The van der Waals surface area contributed by atoms with Crippen LogP contribution in [0, 0.1) is 6.92 Å². The molecule has 0 aliphatic heterocycles. The number of ether oxygens (including phenoxy) is 1. The van der Waals surface area contributed by atoms with E-state index in [1.165, 1.54) is 11.1 Å². The summed E-state index contributed by atoms with van der Waals surface area (Å²) in [6.45, 7) is 12.6. The van der Waals surface area contributed by atoms with Crippen LogP contribution in [0.2, 0.25) is 0 Å². The summed E-state index contributed by atoms with van der Waals surface area (Å²) in [5.41, 5.74) is 3.67. The number of nitrogens with one attached hydrogen (secondary N) is 1. The predicted octanol–water partition coefficient (Wildman–Crippen LogP) is 5.33. The minimum Gasteiger partial charge on any atom is -0.481 e. The molecule has 1 amide bonds. The first-order valence-electron chi connectivity index (χ1n) is 9.35. The minimum absolute atomic E-state index is 0.0628. The van der Waals surface area contributed by atoms with E-state index in [1.807, 2.05) is 45.0 Å². The molecule has 0 radical (unpaired) electrons. The Hall–Kier alpha value is -2.29. The van der Waals surface area contributed by atoms with Crippen LogP contribution in [0.15, 0.2) is 48.5 Å². The summed E-state index contributed by atoms with van der Waals surface area (Å²) in [6.07, 6.45) is 0.129. The van der Waals surface area contributed by atoms with Gasteiger partial charge in [0.15, 0.2) is 6.10 Å². The van der Waals surface area contributed by atoms with Crippen LogP contribution in [0.5, 0.6) is 5.75 Å². The molecule has 0 saturated carbocycles. The average molecular weight is 354 g/mol. The Morgan fingerprint density at radius 2 is 1.62 bits per heavy atom. The number of benzene rings is 2. The number of carbonyl (C=O) groups excluding carboxylic acids is 1. The Balaban J connectivity index is 2.00. The molecule has 0 unspecified atom stereocenters. The van der Waals surface area contributed by atoms with Crippen molar-refractivity contribution in [1.29, 1.82) is 0 Å². The monoisotopic (exact) mass is 353 g/mol. The highest BCUT2D eigenvalue weighted by Crippen LogP contribution is 2.24. The second-order valence-electron chi connectivity index (χ2n) is 7.93. The maximum atomic E-state index is 12.6. The lowest BCUT2D eigenvalue weighted by Gasteiger charge is -2.22. The van der Waals surface area contributed by atoms with Gasteiger partial charge in [-0.3, -0.25) is 4.79 Å². The third-order valence-corrected chi connectivity index (χ3v) is 4.60. The molecule has 0 spiro atoms. The van der Waals surface area contributed by atoms with Gasteiger partial charge < -0.3 is 10.1 Å². The van der Waals surface area contributed by atoms with Crippen molar-refractivity contribution in [2.24, 2.45) is 0 Å². The smallest absolute Gasteiger partial charge is 0.261 e. The third kappa shape index (κ3) is 5.35. The fourth-order valence-electron chi connectivity index (χ4n) is 2.76. The average Bonchev–Trinajstić information content (AvgIpc) is 2.60. The highest BCUT2D eigenvalue weighted by atomic mass is 16.5. The van der Waals surface area contributed by atoms with Crippen molar-refractivity contribution < 1.29 is 9.53 Å². The summed E-state index contributed by atoms with van der Waals surface area (Å²) in [4.78, 5) is 12.6. The topological polar surface area (TPSA) is 38.3 Å². The molecule has 0 aromatic heterocycles. The number of rotatable bonds is 6. The lowest BCUT2D eigenvalue weighted by atomic mass is 9.86. The van der Waals surface area contributed by atoms with E-state index in [0.29, 0.717) is 6.42 Å².